The zero-order valence-electron chi connectivity index (χ0n) is 10.2. The summed E-state index contributed by atoms with van der Waals surface area (Å²) in [5.41, 5.74) is 1.29. The van der Waals surface area contributed by atoms with Crippen molar-refractivity contribution in [1.29, 1.82) is 0 Å². The van der Waals surface area contributed by atoms with E-state index < -0.39 is 0 Å². The second-order valence-electron chi connectivity index (χ2n) is 3.92. The van der Waals surface area contributed by atoms with Crippen LogP contribution in [0.3, 0.4) is 0 Å². The molecular formula is C14H12Cl2FNO. The molecule has 2 nitrogen and oxygen atoms in total. The summed E-state index contributed by atoms with van der Waals surface area (Å²) < 4.78 is 18.8. The molecule has 5 heteroatoms. The van der Waals surface area contributed by atoms with E-state index in [0.29, 0.717) is 22.2 Å². The highest BCUT2D eigenvalue weighted by atomic mass is 35.5. The minimum absolute atomic E-state index is 0.230. The summed E-state index contributed by atoms with van der Waals surface area (Å²) in [6, 6.07) is 10.2. The van der Waals surface area contributed by atoms with Gasteiger partial charge < -0.3 is 10.1 Å². The van der Waals surface area contributed by atoms with Crippen LogP contribution in [0, 0.1) is 5.82 Å². The molecule has 100 valence electrons. The van der Waals surface area contributed by atoms with Crippen molar-refractivity contribution in [1.82, 2.24) is 0 Å². The molecule has 19 heavy (non-hydrogen) atoms. The van der Waals surface area contributed by atoms with Crippen LogP contribution in [0.4, 0.5) is 10.1 Å². The van der Waals surface area contributed by atoms with Crippen LogP contribution in [-0.4, -0.2) is 7.11 Å². The zero-order chi connectivity index (χ0) is 13.8. The number of nitrogens with one attached hydrogen (secondary N) is 1. The van der Waals surface area contributed by atoms with Crippen molar-refractivity contribution in [3.05, 3.63) is 57.8 Å². The Balaban J connectivity index is 2.12. The van der Waals surface area contributed by atoms with Gasteiger partial charge in [0.1, 0.15) is 0 Å². The molecule has 0 aromatic heterocycles. The van der Waals surface area contributed by atoms with Crippen molar-refractivity contribution in [2.45, 2.75) is 6.54 Å². The van der Waals surface area contributed by atoms with Gasteiger partial charge in [0.2, 0.25) is 0 Å². The van der Waals surface area contributed by atoms with E-state index in [4.69, 9.17) is 27.9 Å². The molecule has 0 aliphatic carbocycles. The van der Waals surface area contributed by atoms with Crippen LogP contribution in [-0.2, 0) is 6.54 Å². The van der Waals surface area contributed by atoms with Gasteiger partial charge in [-0.05, 0) is 24.3 Å². The summed E-state index contributed by atoms with van der Waals surface area (Å²) in [5, 5.41) is 4.02. The summed E-state index contributed by atoms with van der Waals surface area (Å²) in [4.78, 5) is 0. The summed E-state index contributed by atoms with van der Waals surface area (Å²) in [5.74, 6) is -0.133. The Hall–Kier alpha value is -1.45. The van der Waals surface area contributed by atoms with Crippen molar-refractivity contribution in [3.63, 3.8) is 0 Å². The van der Waals surface area contributed by atoms with Gasteiger partial charge in [-0.15, -0.1) is 0 Å². The molecule has 0 radical (unpaired) electrons. The number of halogens is 3. The number of ether oxygens (including phenoxy) is 1. The molecule has 2 aromatic carbocycles. The molecule has 0 fully saturated rings. The fourth-order valence-corrected chi connectivity index (χ4v) is 1.95. The van der Waals surface area contributed by atoms with Crippen LogP contribution in [0.2, 0.25) is 10.0 Å². The van der Waals surface area contributed by atoms with E-state index in [1.807, 2.05) is 0 Å². The first-order valence-corrected chi connectivity index (χ1v) is 6.37. The number of anilines is 1. The van der Waals surface area contributed by atoms with E-state index in [-0.39, 0.29) is 11.6 Å². The highest BCUT2D eigenvalue weighted by Gasteiger charge is 2.08. The SMILES string of the molecule is COc1cccc(CNc2ccc(Cl)c(Cl)c2)c1F. The number of hydrogen-bond donors (Lipinski definition) is 1. The number of benzene rings is 2. The van der Waals surface area contributed by atoms with Crippen molar-refractivity contribution in [2.75, 3.05) is 12.4 Å². The molecule has 2 aromatic rings. The lowest BCUT2D eigenvalue weighted by Gasteiger charge is -2.10. The maximum Gasteiger partial charge on any atom is 0.170 e. The third-order valence-corrected chi connectivity index (χ3v) is 3.40. The normalized spacial score (nSPS) is 10.3. The molecule has 0 bridgehead atoms. The van der Waals surface area contributed by atoms with Gasteiger partial charge in [-0.2, -0.15) is 0 Å². The van der Waals surface area contributed by atoms with Gasteiger partial charge in [-0.25, -0.2) is 4.39 Å². The van der Waals surface area contributed by atoms with Gasteiger partial charge in [0, 0.05) is 17.8 Å². The summed E-state index contributed by atoms with van der Waals surface area (Å²) in [7, 11) is 1.44. The molecule has 2 rings (SSSR count). The Labute approximate surface area is 121 Å². The molecule has 0 aliphatic heterocycles. The lowest BCUT2D eigenvalue weighted by atomic mass is 10.2. The maximum absolute atomic E-state index is 13.9. The Bertz CT molecular complexity index is 590. The van der Waals surface area contributed by atoms with E-state index in [2.05, 4.69) is 5.32 Å². The predicted octanol–water partition coefficient (Wildman–Crippen LogP) is 4.75. The van der Waals surface area contributed by atoms with Crippen molar-refractivity contribution >= 4 is 28.9 Å². The monoisotopic (exact) mass is 299 g/mol. The van der Waals surface area contributed by atoms with Crippen molar-refractivity contribution in [2.24, 2.45) is 0 Å². The maximum atomic E-state index is 13.9. The topological polar surface area (TPSA) is 21.3 Å². The largest absolute Gasteiger partial charge is 0.494 e. The molecule has 0 spiro atoms. The lowest BCUT2D eigenvalue weighted by molar-refractivity contribution is 0.384. The van der Waals surface area contributed by atoms with E-state index in [1.54, 1.807) is 36.4 Å². The van der Waals surface area contributed by atoms with Crippen LogP contribution in [0.1, 0.15) is 5.56 Å². The van der Waals surface area contributed by atoms with Crippen LogP contribution in [0.15, 0.2) is 36.4 Å². The molecular weight excluding hydrogens is 288 g/mol. The summed E-state index contributed by atoms with van der Waals surface area (Å²) in [6.45, 7) is 0.334. The first kappa shape index (κ1) is 14.0. The molecule has 0 amide bonds. The fourth-order valence-electron chi connectivity index (χ4n) is 1.65. The molecule has 1 N–H and O–H groups in total. The van der Waals surface area contributed by atoms with Crippen LogP contribution >= 0.6 is 23.2 Å². The number of rotatable bonds is 4. The average Bonchev–Trinajstić information content (AvgIpc) is 2.41. The smallest absolute Gasteiger partial charge is 0.170 e. The number of methoxy groups -OCH3 is 1. The first-order chi connectivity index (χ1) is 9.11. The minimum atomic E-state index is -0.363. The fraction of sp³-hybridized carbons (Fsp3) is 0.143. The van der Waals surface area contributed by atoms with Gasteiger partial charge in [0.25, 0.3) is 0 Å². The highest BCUT2D eigenvalue weighted by molar-refractivity contribution is 6.42. The highest BCUT2D eigenvalue weighted by Crippen LogP contribution is 2.26. The van der Waals surface area contributed by atoms with Crippen molar-refractivity contribution < 1.29 is 9.13 Å². The Morgan fingerprint density at radius 2 is 1.95 bits per heavy atom. The van der Waals surface area contributed by atoms with Crippen molar-refractivity contribution in [3.8, 4) is 5.75 Å². The predicted molar refractivity (Wildman–Crippen MR) is 76.7 cm³/mol. The number of hydrogen-bond acceptors (Lipinski definition) is 2. The average molecular weight is 300 g/mol. The second-order valence-corrected chi connectivity index (χ2v) is 4.73. The Morgan fingerprint density at radius 1 is 1.16 bits per heavy atom. The quantitative estimate of drug-likeness (QED) is 0.879. The van der Waals surface area contributed by atoms with Gasteiger partial charge in [-0.3, -0.25) is 0 Å². The van der Waals surface area contributed by atoms with E-state index >= 15 is 0 Å². The lowest BCUT2D eigenvalue weighted by Crippen LogP contribution is -2.03. The Kier molecular flexibility index (Phi) is 4.51. The molecule has 0 aliphatic rings. The van der Waals surface area contributed by atoms with Gasteiger partial charge in [0.05, 0.1) is 17.2 Å². The summed E-state index contributed by atoms with van der Waals surface area (Å²) >= 11 is 11.7. The second kappa shape index (κ2) is 6.13. The summed E-state index contributed by atoms with van der Waals surface area (Å²) in [6.07, 6.45) is 0. The van der Waals surface area contributed by atoms with E-state index in [0.717, 1.165) is 5.69 Å². The first-order valence-electron chi connectivity index (χ1n) is 5.62. The molecule has 0 saturated carbocycles. The van der Waals surface area contributed by atoms with Gasteiger partial charge >= 0.3 is 0 Å². The third-order valence-electron chi connectivity index (χ3n) is 2.67. The molecule has 0 heterocycles. The Morgan fingerprint density at radius 3 is 2.63 bits per heavy atom. The van der Waals surface area contributed by atoms with Crippen LogP contribution in [0.5, 0.6) is 5.75 Å². The van der Waals surface area contributed by atoms with Gasteiger partial charge in [0.15, 0.2) is 11.6 Å². The third kappa shape index (κ3) is 3.31. The minimum Gasteiger partial charge on any atom is -0.494 e. The van der Waals surface area contributed by atoms with E-state index in [9.17, 15) is 4.39 Å². The van der Waals surface area contributed by atoms with Crippen LogP contribution < -0.4 is 10.1 Å². The van der Waals surface area contributed by atoms with Crippen LogP contribution in [0.25, 0.3) is 0 Å². The van der Waals surface area contributed by atoms with Gasteiger partial charge in [-0.1, -0.05) is 35.3 Å². The molecule has 0 saturated heterocycles. The molecule has 0 atom stereocenters. The standard InChI is InChI=1S/C14H12Cl2FNO/c1-19-13-4-2-3-9(14(13)17)8-18-10-5-6-11(15)12(16)7-10/h2-7,18H,8H2,1H3. The van der Waals surface area contributed by atoms with E-state index in [1.165, 1.54) is 7.11 Å². The zero-order valence-corrected chi connectivity index (χ0v) is 11.7. The molecule has 0 unspecified atom stereocenters.